The van der Waals surface area contributed by atoms with Gasteiger partial charge in [0.15, 0.2) is 0 Å². The van der Waals surface area contributed by atoms with E-state index in [4.69, 9.17) is 15.2 Å². The first-order valence-electron chi connectivity index (χ1n) is 6.69. The first-order chi connectivity index (χ1) is 10.1. The smallest absolute Gasteiger partial charge is 0.338 e. The average molecular weight is 286 g/mol. The van der Waals surface area contributed by atoms with Crippen LogP contribution in [-0.2, 0) is 11.3 Å². The molecule has 0 unspecified atom stereocenters. The van der Waals surface area contributed by atoms with Gasteiger partial charge in [-0.3, -0.25) is 4.98 Å². The summed E-state index contributed by atoms with van der Waals surface area (Å²) in [4.78, 5) is 16.1. The summed E-state index contributed by atoms with van der Waals surface area (Å²) in [7, 11) is 0. The van der Waals surface area contributed by atoms with Crippen LogP contribution < -0.4 is 10.5 Å². The predicted molar refractivity (Wildman–Crippen MR) is 80.1 cm³/mol. The lowest BCUT2D eigenvalue weighted by Gasteiger charge is -2.09. The lowest BCUT2D eigenvalue weighted by molar-refractivity contribution is 0.0472. The molecule has 0 radical (unpaired) electrons. The number of carbonyl (C=O) groups is 1. The van der Waals surface area contributed by atoms with Gasteiger partial charge in [-0.05, 0) is 37.6 Å². The number of ether oxygens (including phenoxy) is 2. The Morgan fingerprint density at radius 1 is 1.24 bits per heavy atom. The first-order valence-corrected chi connectivity index (χ1v) is 6.69. The Morgan fingerprint density at radius 3 is 2.76 bits per heavy atom. The van der Waals surface area contributed by atoms with E-state index < -0.39 is 5.97 Å². The van der Waals surface area contributed by atoms with Gasteiger partial charge in [-0.1, -0.05) is 0 Å². The number of hydrogen-bond acceptors (Lipinski definition) is 5. The molecule has 0 amide bonds. The van der Waals surface area contributed by atoms with Crippen LogP contribution in [0.25, 0.3) is 0 Å². The summed E-state index contributed by atoms with van der Waals surface area (Å²) < 4.78 is 10.6. The fourth-order valence-corrected chi connectivity index (χ4v) is 1.92. The number of rotatable bonds is 5. The lowest BCUT2D eigenvalue weighted by Crippen LogP contribution is -2.07. The van der Waals surface area contributed by atoms with Crippen LogP contribution in [0.4, 0.5) is 5.69 Å². The summed E-state index contributed by atoms with van der Waals surface area (Å²) in [5.74, 6) is 0.117. The number of nitrogens with zero attached hydrogens (tertiary/aromatic N) is 1. The highest BCUT2D eigenvalue weighted by Gasteiger charge is 2.10. The van der Waals surface area contributed by atoms with Gasteiger partial charge in [0.05, 0.1) is 12.2 Å². The zero-order valence-electron chi connectivity index (χ0n) is 12.1. The van der Waals surface area contributed by atoms with Gasteiger partial charge in [-0.15, -0.1) is 0 Å². The van der Waals surface area contributed by atoms with Crippen molar-refractivity contribution in [2.24, 2.45) is 0 Å². The molecule has 0 bridgehead atoms. The van der Waals surface area contributed by atoms with Crippen LogP contribution in [0, 0.1) is 6.92 Å². The van der Waals surface area contributed by atoms with E-state index in [0.717, 1.165) is 11.1 Å². The highest BCUT2D eigenvalue weighted by Crippen LogP contribution is 2.20. The summed E-state index contributed by atoms with van der Waals surface area (Å²) in [6, 6.07) is 6.78. The number of nitrogens with two attached hydrogens (primary N) is 1. The summed E-state index contributed by atoms with van der Waals surface area (Å²) in [5, 5.41) is 0. The Balaban J connectivity index is 2.06. The number of carbonyl (C=O) groups excluding carboxylic acids is 1. The van der Waals surface area contributed by atoms with Crippen LogP contribution in [0.3, 0.4) is 0 Å². The van der Waals surface area contributed by atoms with Gasteiger partial charge in [0, 0.05) is 29.7 Å². The van der Waals surface area contributed by atoms with Crippen molar-refractivity contribution in [2.75, 3.05) is 12.3 Å². The standard InChI is InChI=1S/C16H18N2O3/c1-3-20-15-6-13(5-14(17)7-15)16(19)21-10-12-4-11(2)8-18-9-12/h4-9H,3,10,17H2,1-2H3. The van der Waals surface area contributed by atoms with Crippen LogP contribution in [0.5, 0.6) is 5.75 Å². The van der Waals surface area contributed by atoms with E-state index >= 15 is 0 Å². The van der Waals surface area contributed by atoms with Gasteiger partial charge in [-0.2, -0.15) is 0 Å². The number of nitrogen functional groups attached to an aromatic ring is 1. The van der Waals surface area contributed by atoms with E-state index in [1.165, 1.54) is 0 Å². The van der Waals surface area contributed by atoms with Crippen molar-refractivity contribution in [1.29, 1.82) is 0 Å². The fourth-order valence-electron chi connectivity index (χ4n) is 1.92. The van der Waals surface area contributed by atoms with Crippen molar-refractivity contribution in [3.05, 3.63) is 53.3 Å². The normalized spacial score (nSPS) is 10.2. The molecule has 0 aliphatic heterocycles. The van der Waals surface area contributed by atoms with Gasteiger partial charge >= 0.3 is 5.97 Å². The van der Waals surface area contributed by atoms with E-state index in [2.05, 4.69) is 4.98 Å². The summed E-state index contributed by atoms with van der Waals surface area (Å²) >= 11 is 0. The fraction of sp³-hybridized carbons (Fsp3) is 0.250. The predicted octanol–water partition coefficient (Wildman–Crippen LogP) is 2.73. The maximum Gasteiger partial charge on any atom is 0.338 e. The molecule has 0 atom stereocenters. The van der Waals surface area contributed by atoms with Gasteiger partial charge in [0.2, 0.25) is 0 Å². The van der Waals surface area contributed by atoms with Crippen LogP contribution in [-0.4, -0.2) is 17.6 Å². The Morgan fingerprint density at radius 2 is 2.05 bits per heavy atom. The lowest BCUT2D eigenvalue weighted by atomic mass is 10.2. The number of pyridine rings is 1. The zero-order valence-corrected chi connectivity index (χ0v) is 12.1. The van der Waals surface area contributed by atoms with E-state index in [0.29, 0.717) is 23.6 Å². The molecule has 1 aromatic heterocycles. The quantitative estimate of drug-likeness (QED) is 0.675. The van der Waals surface area contributed by atoms with Gasteiger partial charge in [0.25, 0.3) is 0 Å². The van der Waals surface area contributed by atoms with E-state index in [9.17, 15) is 4.79 Å². The van der Waals surface area contributed by atoms with Crippen molar-refractivity contribution in [2.45, 2.75) is 20.5 Å². The monoisotopic (exact) mass is 286 g/mol. The molecule has 2 N–H and O–H groups in total. The van der Waals surface area contributed by atoms with Gasteiger partial charge in [-0.25, -0.2) is 4.79 Å². The largest absolute Gasteiger partial charge is 0.494 e. The number of aromatic nitrogens is 1. The van der Waals surface area contributed by atoms with E-state index in [-0.39, 0.29) is 6.61 Å². The van der Waals surface area contributed by atoms with Crippen molar-refractivity contribution in [3.8, 4) is 5.75 Å². The molecule has 21 heavy (non-hydrogen) atoms. The third-order valence-electron chi connectivity index (χ3n) is 2.78. The maximum atomic E-state index is 12.1. The summed E-state index contributed by atoms with van der Waals surface area (Å²) in [6.45, 7) is 4.48. The van der Waals surface area contributed by atoms with Crippen molar-refractivity contribution >= 4 is 11.7 Å². The Labute approximate surface area is 123 Å². The maximum absolute atomic E-state index is 12.1. The molecule has 0 aliphatic rings. The van der Waals surface area contributed by atoms with Crippen LogP contribution in [0.15, 0.2) is 36.7 Å². The third-order valence-corrected chi connectivity index (χ3v) is 2.78. The molecule has 0 fully saturated rings. The number of esters is 1. The Kier molecular flexibility index (Phi) is 4.77. The second kappa shape index (κ2) is 6.74. The van der Waals surface area contributed by atoms with Crippen molar-refractivity contribution in [3.63, 3.8) is 0 Å². The molecule has 0 spiro atoms. The molecular weight excluding hydrogens is 268 g/mol. The van der Waals surface area contributed by atoms with E-state index in [1.54, 1.807) is 30.6 Å². The molecule has 5 heteroatoms. The number of aryl methyl sites for hydroxylation is 1. The summed E-state index contributed by atoms with van der Waals surface area (Å²) in [6.07, 6.45) is 3.42. The third kappa shape index (κ3) is 4.21. The van der Waals surface area contributed by atoms with E-state index in [1.807, 2.05) is 19.9 Å². The minimum Gasteiger partial charge on any atom is -0.494 e. The molecule has 0 saturated carbocycles. The average Bonchev–Trinajstić information content (AvgIpc) is 2.44. The van der Waals surface area contributed by atoms with Gasteiger partial charge < -0.3 is 15.2 Å². The second-order valence-corrected chi connectivity index (χ2v) is 4.67. The molecule has 0 saturated heterocycles. The second-order valence-electron chi connectivity index (χ2n) is 4.67. The molecule has 2 rings (SSSR count). The molecule has 1 heterocycles. The molecule has 110 valence electrons. The number of hydrogen-bond donors (Lipinski definition) is 1. The molecule has 1 aromatic carbocycles. The molecule has 2 aromatic rings. The van der Waals surface area contributed by atoms with Gasteiger partial charge in [0.1, 0.15) is 12.4 Å². The molecule has 0 aliphatic carbocycles. The van der Waals surface area contributed by atoms with Crippen molar-refractivity contribution < 1.29 is 14.3 Å². The highest BCUT2D eigenvalue weighted by molar-refractivity contribution is 5.91. The topological polar surface area (TPSA) is 74.4 Å². The van der Waals surface area contributed by atoms with Crippen LogP contribution in [0.1, 0.15) is 28.4 Å². The molecular formula is C16H18N2O3. The Hall–Kier alpha value is -2.56. The molecule has 5 nitrogen and oxygen atoms in total. The minimum absolute atomic E-state index is 0.173. The highest BCUT2D eigenvalue weighted by atomic mass is 16.5. The minimum atomic E-state index is -0.440. The SMILES string of the molecule is CCOc1cc(N)cc(C(=O)OCc2cncc(C)c2)c1. The number of benzene rings is 1. The summed E-state index contributed by atoms with van der Waals surface area (Å²) in [5.41, 5.74) is 8.46. The van der Waals surface area contributed by atoms with Crippen LogP contribution in [0.2, 0.25) is 0 Å². The first kappa shape index (κ1) is 14.8. The number of anilines is 1. The van der Waals surface area contributed by atoms with Crippen LogP contribution >= 0.6 is 0 Å². The van der Waals surface area contributed by atoms with Crippen molar-refractivity contribution in [1.82, 2.24) is 4.98 Å². The Bertz CT molecular complexity index is 641. The zero-order chi connectivity index (χ0) is 15.2.